The lowest BCUT2D eigenvalue weighted by molar-refractivity contribution is -0.138. The average Bonchev–Trinajstić information content (AvgIpc) is 2.71. The van der Waals surface area contributed by atoms with Crippen molar-refractivity contribution < 1.29 is 9.59 Å². The third-order valence-corrected chi connectivity index (χ3v) is 6.51. The fraction of sp³-hybridized carbons (Fsp3) is 0.391. The number of thioether (sulfide) groups is 1. The second-order valence-corrected chi connectivity index (χ2v) is 9.61. The summed E-state index contributed by atoms with van der Waals surface area (Å²) in [6.07, 6.45) is 0.841. The Morgan fingerprint density at radius 3 is 2.50 bits per heavy atom. The van der Waals surface area contributed by atoms with Gasteiger partial charge in [-0.05, 0) is 55.7 Å². The molecule has 2 rings (SSSR count). The summed E-state index contributed by atoms with van der Waals surface area (Å²) < 4.78 is 0.944. The van der Waals surface area contributed by atoms with Crippen molar-refractivity contribution >= 4 is 51.1 Å². The summed E-state index contributed by atoms with van der Waals surface area (Å²) in [4.78, 5) is 27.4. The second-order valence-electron chi connectivity index (χ2n) is 7.27. The molecule has 0 unspecified atom stereocenters. The third kappa shape index (κ3) is 7.97. The number of hydrogen-bond acceptors (Lipinski definition) is 3. The van der Waals surface area contributed by atoms with Crippen LogP contribution in [0, 0.1) is 0 Å². The number of nitrogens with zero attached hydrogens (tertiary/aromatic N) is 1. The monoisotopic (exact) mass is 510 g/mol. The normalized spacial score (nSPS) is 12.8. The van der Waals surface area contributed by atoms with E-state index in [-0.39, 0.29) is 17.9 Å². The van der Waals surface area contributed by atoms with Crippen LogP contribution in [0.25, 0.3) is 0 Å². The zero-order valence-electron chi connectivity index (χ0n) is 17.5. The van der Waals surface area contributed by atoms with Gasteiger partial charge in [0.1, 0.15) is 6.04 Å². The highest BCUT2D eigenvalue weighted by Crippen LogP contribution is 2.19. The van der Waals surface area contributed by atoms with Gasteiger partial charge < -0.3 is 10.2 Å². The summed E-state index contributed by atoms with van der Waals surface area (Å²) >= 11 is 11.0. The van der Waals surface area contributed by atoms with E-state index < -0.39 is 6.04 Å². The molecule has 7 heteroatoms. The molecule has 0 aromatic heterocycles. The van der Waals surface area contributed by atoms with Crippen molar-refractivity contribution in [2.24, 2.45) is 0 Å². The van der Waals surface area contributed by atoms with Gasteiger partial charge in [0.15, 0.2) is 0 Å². The molecule has 2 aromatic rings. The number of carbonyl (C=O) groups is 2. The molecule has 1 N–H and O–H groups in total. The molecule has 0 aliphatic heterocycles. The fourth-order valence-corrected chi connectivity index (χ4v) is 4.36. The van der Waals surface area contributed by atoms with Gasteiger partial charge in [-0.15, -0.1) is 11.8 Å². The minimum absolute atomic E-state index is 0.0613. The van der Waals surface area contributed by atoms with Gasteiger partial charge in [0.25, 0.3) is 0 Å². The topological polar surface area (TPSA) is 49.4 Å². The maximum absolute atomic E-state index is 13.1. The summed E-state index contributed by atoms with van der Waals surface area (Å²) in [5.41, 5.74) is 2.04. The fourth-order valence-electron chi connectivity index (χ4n) is 2.85. The lowest BCUT2D eigenvalue weighted by atomic mass is 10.1. The van der Waals surface area contributed by atoms with E-state index in [1.165, 1.54) is 11.8 Å². The van der Waals surface area contributed by atoms with Gasteiger partial charge in [-0.25, -0.2) is 0 Å². The molecule has 2 atom stereocenters. The summed E-state index contributed by atoms with van der Waals surface area (Å²) in [5, 5.41) is 3.67. The van der Waals surface area contributed by atoms with Crippen LogP contribution >= 0.6 is 39.3 Å². The quantitative estimate of drug-likeness (QED) is 0.447. The lowest BCUT2D eigenvalue weighted by Gasteiger charge is -2.29. The molecule has 4 nitrogen and oxygen atoms in total. The molecule has 0 aliphatic rings. The van der Waals surface area contributed by atoms with Crippen molar-refractivity contribution in [2.45, 2.75) is 51.6 Å². The molecule has 0 fully saturated rings. The molecular formula is C23H28BrClN2O2S. The van der Waals surface area contributed by atoms with E-state index in [4.69, 9.17) is 11.6 Å². The predicted molar refractivity (Wildman–Crippen MR) is 130 cm³/mol. The van der Waals surface area contributed by atoms with Crippen molar-refractivity contribution in [1.82, 2.24) is 10.2 Å². The molecule has 0 spiro atoms. The SMILES string of the molecule is CC[C@@H](C)NC(=O)[C@H](C)N(Cc1cccc(Br)c1)C(=O)CSCc1cccc(Cl)c1. The van der Waals surface area contributed by atoms with Gasteiger partial charge in [0, 0.05) is 27.8 Å². The number of nitrogens with one attached hydrogen (secondary N) is 1. The van der Waals surface area contributed by atoms with Crippen molar-refractivity contribution in [3.63, 3.8) is 0 Å². The summed E-state index contributed by atoms with van der Waals surface area (Å²) in [7, 11) is 0. The van der Waals surface area contributed by atoms with Crippen LogP contribution in [0.3, 0.4) is 0 Å². The van der Waals surface area contributed by atoms with E-state index in [0.29, 0.717) is 23.1 Å². The van der Waals surface area contributed by atoms with E-state index in [0.717, 1.165) is 22.0 Å². The zero-order chi connectivity index (χ0) is 22.1. The van der Waals surface area contributed by atoms with Crippen molar-refractivity contribution in [3.8, 4) is 0 Å². The van der Waals surface area contributed by atoms with E-state index in [1.54, 1.807) is 11.8 Å². The lowest BCUT2D eigenvalue weighted by Crippen LogP contribution is -2.50. The first kappa shape index (κ1) is 24.8. The highest BCUT2D eigenvalue weighted by atomic mass is 79.9. The molecule has 0 saturated heterocycles. The van der Waals surface area contributed by atoms with Gasteiger partial charge in [0.05, 0.1) is 5.75 Å². The van der Waals surface area contributed by atoms with E-state index in [9.17, 15) is 9.59 Å². The van der Waals surface area contributed by atoms with Crippen LogP contribution in [0.5, 0.6) is 0 Å². The zero-order valence-corrected chi connectivity index (χ0v) is 20.7. The van der Waals surface area contributed by atoms with Crippen LogP contribution in [0.15, 0.2) is 53.0 Å². The molecule has 2 amide bonds. The maximum Gasteiger partial charge on any atom is 0.242 e. The molecule has 0 saturated carbocycles. The Hall–Kier alpha value is -1.50. The van der Waals surface area contributed by atoms with Crippen molar-refractivity contribution in [2.75, 3.05) is 5.75 Å². The number of benzene rings is 2. The highest BCUT2D eigenvalue weighted by Gasteiger charge is 2.26. The number of amides is 2. The molecule has 0 radical (unpaired) electrons. The Kier molecular flexibility index (Phi) is 10.2. The largest absolute Gasteiger partial charge is 0.352 e. The molecular weight excluding hydrogens is 484 g/mol. The molecule has 0 aliphatic carbocycles. The second kappa shape index (κ2) is 12.4. The van der Waals surface area contributed by atoms with Gasteiger partial charge in [-0.2, -0.15) is 0 Å². The standard InChI is InChI=1S/C23H28BrClN2O2S/c1-4-16(2)26-23(29)17(3)27(13-18-7-5-9-20(24)11-18)22(28)15-30-14-19-8-6-10-21(25)12-19/h5-12,16-17H,4,13-15H2,1-3H3,(H,26,29)/t16-,17+/m1/s1. The Morgan fingerprint density at radius 2 is 1.83 bits per heavy atom. The van der Waals surface area contributed by atoms with Gasteiger partial charge >= 0.3 is 0 Å². The number of rotatable bonds is 10. The molecule has 162 valence electrons. The highest BCUT2D eigenvalue weighted by molar-refractivity contribution is 9.10. The number of carbonyl (C=O) groups excluding carboxylic acids is 2. The van der Waals surface area contributed by atoms with E-state index >= 15 is 0 Å². The van der Waals surface area contributed by atoms with Crippen molar-refractivity contribution in [3.05, 3.63) is 69.2 Å². The van der Waals surface area contributed by atoms with Crippen LogP contribution in [0.1, 0.15) is 38.3 Å². The molecule has 0 bridgehead atoms. The maximum atomic E-state index is 13.1. The molecule has 30 heavy (non-hydrogen) atoms. The Labute approximate surface area is 196 Å². The number of halogens is 2. The predicted octanol–water partition coefficient (Wildman–Crippen LogP) is 5.67. The first-order valence-corrected chi connectivity index (χ1v) is 12.3. The Morgan fingerprint density at radius 1 is 1.13 bits per heavy atom. The summed E-state index contributed by atoms with van der Waals surface area (Å²) in [5.74, 6) is 0.785. The molecule has 2 aromatic carbocycles. The first-order valence-electron chi connectivity index (χ1n) is 9.96. The van der Waals surface area contributed by atoms with Crippen LogP contribution < -0.4 is 5.32 Å². The summed E-state index contributed by atoms with van der Waals surface area (Å²) in [6.45, 7) is 6.15. The van der Waals surface area contributed by atoms with Crippen LogP contribution in [-0.2, 0) is 21.9 Å². The molecule has 0 heterocycles. The van der Waals surface area contributed by atoms with Crippen LogP contribution in [0.4, 0.5) is 0 Å². The van der Waals surface area contributed by atoms with Gasteiger partial charge in [-0.3, -0.25) is 9.59 Å². The average molecular weight is 512 g/mol. The van der Waals surface area contributed by atoms with E-state index in [2.05, 4.69) is 21.2 Å². The third-order valence-electron chi connectivity index (χ3n) is 4.79. The smallest absolute Gasteiger partial charge is 0.242 e. The van der Waals surface area contributed by atoms with Crippen molar-refractivity contribution in [1.29, 1.82) is 0 Å². The van der Waals surface area contributed by atoms with Gasteiger partial charge in [0.2, 0.25) is 11.8 Å². The van der Waals surface area contributed by atoms with E-state index in [1.807, 2.05) is 62.4 Å². The van der Waals surface area contributed by atoms with Crippen LogP contribution in [0.2, 0.25) is 5.02 Å². The van der Waals surface area contributed by atoms with Gasteiger partial charge in [-0.1, -0.05) is 58.7 Å². The van der Waals surface area contributed by atoms with Crippen LogP contribution in [-0.4, -0.2) is 34.6 Å². The number of hydrogen-bond donors (Lipinski definition) is 1. The minimum atomic E-state index is -0.558. The minimum Gasteiger partial charge on any atom is -0.352 e. The Balaban J connectivity index is 2.08. The Bertz CT molecular complexity index is 865. The summed E-state index contributed by atoms with van der Waals surface area (Å²) in [6, 6.07) is 14.9. The first-order chi connectivity index (χ1) is 14.3.